The molecule has 5 heteroatoms. The smallest absolute Gasteiger partial charge is 0.253 e. The number of aliphatic hydroxyl groups is 1. The number of ether oxygens (including phenoxy) is 1. The van der Waals surface area contributed by atoms with Gasteiger partial charge in [-0.05, 0) is 32.0 Å². The minimum absolute atomic E-state index is 0.151. The van der Waals surface area contributed by atoms with E-state index in [4.69, 9.17) is 4.74 Å². The highest BCUT2D eigenvalue weighted by molar-refractivity contribution is 5.98. The summed E-state index contributed by atoms with van der Waals surface area (Å²) in [4.78, 5) is 16.7. The van der Waals surface area contributed by atoms with E-state index in [-0.39, 0.29) is 19.1 Å². The Kier molecular flexibility index (Phi) is 4.88. The zero-order chi connectivity index (χ0) is 15.4. The van der Waals surface area contributed by atoms with Gasteiger partial charge in [-0.3, -0.25) is 9.78 Å². The number of nitrogens with zero attached hydrogens (tertiary/aromatic N) is 1. The van der Waals surface area contributed by atoms with Gasteiger partial charge in [-0.25, -0.2) is 0 Å². The third kappa shape index (κ3) is 3.77. The van der Waals surface area contributed by atoms with Gasteiger partial charge in [0.15, 0.2) is 0 Å². The molecule has 0 saturated heterocycles. The van der Waals surface area contributed by atoms with Crippen molar-refractivity contribution in [3.8, 4) is 0 Å². The zero-order valence-electron chi connectivity index (χ0n) is 12.5. The lowest BCUT2D eigenvalue weighted by Crippen LogP contribution is -2.34. The van der Waals surface area contributed by atoms with Crippen LogP contribution >= 0.6 is 0 Å². The van der Waals surface area contributed by atoms with Crippen molar-refractivity contribution >= 4 is 16.8 Å². The molecule has 1 unspecified atom stereocenters. The molecule has 0 aliphatic rings. The minimum Gasteiger partial charge on any atom is -0.389 e. The maximum Gasteiger partial charge on any atom is 0.253 e. The second kappa shape index (κ2) is 6.65. The summed E-state index contributed by atoms with van der Waals surface area (Å²) in [5.41, 5.74) is 3.19. The monoisotopic (exact) mass is 288 g/mol. The summed E-state index contributed by atoms with van der Waals surface area (Å²) in [6.07, 6.45) is -0.713. The molecule has 112 valence electrons. The highest BCUT2D eigenvalue weighted by atomic mass is 16.5. The van der Waals surface area contributed by atoms with E-state index >= 15 is 0 Å². The molecule has 1 amide bonds. The predicted octanol–water partition coefficient (Wildman–Crippen LogP) is 1.59. The van der Waals surface area contributed by atoms with Crippen molar-refractivity contribution in [2.75, 3.05) is 20.3 Å². The van der Waals surface area contributed by atoms with Gasteiger partial charge in [-0.15, -0.1) is 0 Å². The molecule has 0 spiro atoms. The van der Waals surface area contributed by atoms with E-state index in [0.29, 0.717) is 11.3 Å². The Morgan fingerprint density at radius 1 is 1.38 bits per heavy atom. The molecular weight excluding hydrogens is 268 g/mol. The summed E-state index contributed by atoms with van der Waals surface area (Å²) in [6.45, 7) is 4.15. The number of aromatic nitrogens is 1. The number of carbonyl (C=O) groups is 1. The van der Waals surface area contributed by atoms with E-state index in [2.05, 4.69) is 10.3 Å². The number of aliphatic hydroxyl groups excluding tert-OH is 1. The number of fused-ring (bicyclic) bond motifs is 1. The van der Waals surface area contributed by atoms with Crippen molar-refractivity contribution in [1.29, 1.82) is 0 Å². The summed E-state index contributed by atoms with van der Waals surface area (Å²) in [6, 6.07) is 7.78. The van der Waals surface area contributed by atoms with E-state index in [1.165, 1.54) is 7.11 Å². The Bertz CT molecular complexity index is 655. The molecule has 2 N–H and O–H groups in total. The maximum absolute atomic E-state index is 12.2. The molecule has 0 fully saturated rings. The number of benzene rings is 1. The van der Waals surface area contributed by atoms with E-state index in [1.807, 2.05) is 31.2 Å². The van der Waals surface area contributed by atoms with Crippen molar-refractivity contribution in [2.24, 2.45) is 0 Å². The van der Waals surface area contributed by atoms with Crippen molar-refractivity contribution in [3.05, 3.63) is 41.1 Å². The molecule has 1 atom stereocenters. The fourth-order valence-corrected chi connectivity index (χ4v) is 2.18. The highest BCUT2D eigenvalue weighted by Gasteiger charge is 2.13. The number of hydrogen-bond acceptors (Lipinski definition) is 4. The van der Waals surface area contributed by atoms with E-state index in [1.54, 1.807) is 6.92 Å². The van der Waals surface area contributed by atoms with Crippen LogP contribution < -0.4 is 5.32 Å². The van der Waals surface area contributed by atoms with Crippen LogP contribution in [0.4, 0.5) is 0 Å². The summed E-state index contributed by atoms with van der Waals surface area (Å²) in [5.74, 6) is -0.237. The van der Waals surface area contributed by atoms with Crippen molar-refractivity contribution in [3.63, 3.8) is 0 Å². The average molecular weight is 288 g/mol. The number of amides is 1. The first-order chi connectivity index (χ1) is 10.0. The molecule has 0 saturated carbocycles. The first-order valence-electron chi connectivity index (χ1n) is 6.84. The topological polar surface area (TPSA) is 71.5 Å². The maximum atomic E-state index is 12.2. The van der Waals surface area contributed by atoms with Crippen molar-refractivity contribution in [2.45, 2.75) is 20.0 Å². The van der Waals surface area contributed by atoms with E-state index in [9.17, 15) is 9.90 Å². The molecule has 0 aliphatic heterocycles. The SMILES string of the molecule is COCC(O)CNC(=O)c1cc2cc(C)ccc2nc1C. The van der Waals surface area contributed by atoms with Crippen molar-refractivity contribution in [1.82, 2.24) is 10.3 Å². The molecule has 2 aromatic rings. The number of nitrogens with one attached hydrogen (secondary N) is 1. The van der Waals surface area contributed by atoms with Crippen LogP contribution in [0.25, 0.3) is 10.9 Å². The van der Waals surface area contributed by atoms with Crippen molar-refractivity contribution < 1.29 is 14.6 Å². The molecule has 2 rings (SSSR count). The van der Waals surface area contributed by atoms with E-state index < -0.39 is 6.10 Å². The average Bonchev–Trinajstić information content (AvgIpc) is 2.45. The molecule has 21 heavy (non-hydrogen) atoms. The van der Waals surface area contributed by atoms with E-state index in [0.717, 1.165) is 16.5 Å². The lowest BCUT2D eigenvalue weighted by atomic mass is 10.1. The lowest BCUT2D eigenvalue weighted by molar-refractivity contribution is 0.0609. The molecular formula is C16H20N2O3. The Balaban J connectivity index is 2.20. The molecule has 1 aromatic carbocycles. The van der Waals surface area contributed by atoms with Crippen LogP contribution in [0.5, 0.6) is 0 Å². The second-order valence-corrected chi connectivity index (χ2v) is 5.14. The fourth-order valence-electron chi connectivity index (χ4n) is 2.18. The standard InChI is InChI=1S/C16H20N2O3/c1-10-4-5-15-12(6-10)7-14(11(2)18-15)16(20)17-8-13(19)9-21-3/h4-7,13,19H,8-9H2,1-3H3,(H,17,20). The van der Waals surface area contributed by atoms with Gasteiger partial charge in [-0.1, -0.05) is 11.6 Å². The Labute approximate surface area is 124 Å². The Hall–Kier alpha value is -1.98. The first kappa shape index (κ1) is 15.4. The quantitative estimate of drug-likeness (QED) is 0.876. The largest absolute Gasteiger partial charge is 0.389 e. The van der Waals surface area contributed by atoms with Gasteiger partial charge in [0.1, 0.15) is 0 Å². The van der Waals surface area contributed by atoms with Crippen LogP contribution in [0.3, 0.4) is 0 Å². The van der Waals surface area contributed by atoms with Gasteiger partial charge in [0, 0.05) is 19.0 Å². The molecule has 1 heterocycles. The number of carbonyl (C=O) groups excluding carboxylic acids is 1. The molecule has 0 bridgehead atoms. The second-order valence-electron chi connectivity index (χ2n) is 5.14. The fraction of sp³-hybridized carbons (Fsp3) is 0.375. The molecule has 0 radical (unpaired) electrons. The molecule has 5 nitrogen and oxygen atoms in total. The van der Waals surface area contributed by atoms with Gasteiger partial charge in [-0.2, -0.15) is 0 Å². The summed E-state index contributed by atoms with van der Waals surface area (Å²) in [5, 5.41) is 13.2. The summed E-state index contributed by atoms with van der Waals surface area (Å²) < 4.78 is 4.82. The van der Waals surface area contributed by atoms with Gasteiger partial charge in [0.25, 0.3) is 5.91 Å². The van der Waals surface area contributed by atoms with Crippen LogP contribution in [0.2, 0.25) is 0 Å². The van der Waals surface area contributed by atoms with Gasteiger partial charge < -0.3 is 15.2 Å². The molecule has 0 aliphatic carbocycles. The van der Waals surface area contributed by atoms with Gasteiger partial charge in [0.2, 0.25) is 0 Å². The van der Waals surface area contributed by atoms with Crippen LogP contribution in [0, 0.1) is 13.8 Å². The minimum atomic E-state index is -0.713. The zero-order valence-corrected chi connectivity index (χ0v) is 12.5. The lowest BCUT2D eigenvalue weighted by Gasteiger charge is -2.12. The number of pyridine rings is 1. The third-order valence-corrected chi connectivity index (χ3v) is 3.26. The molecule has 1 aromatic heterocycles. The predicted molar refractivity (Wildman–Crippen MR) is 81.4 cm³/mol. The van der Waals surface area contributed by atoms with Crippen LogP contribution in [0.15, 0.2) is 24.3 Å². The van der Waals surface area contributed by atoms with Crippen LogP contribution in [-0.2, 0) is 4.74 Å². The van der Waals surface area contributed by atoms with Crippen LogP contribution in [0.1, 0.15) is 21.6 Å². The van der Waals surface area contributed by atoms with Gasteiger partial charge in [0.05, 0.1) is 29.5 Å². The highest BCUT2D eigenvalue weighted by Crippen LogP contribution is 2.18. The summed E-state index contributed by atoms with van der Waals surface area (Å²) >= 11 is 0. The van der Waals surface area contributed by atoms with Gasteiger partial charge >= 0.3 is 0 Å². The van der Waals surface area contributed by atoms with Crippen LogP contribution in [-0.4, -0.2) is 42.4 Å². The Morgan fingerprint density at radius 2 is 2.14 bits per heavy atom. The third-order valence-electron chi connectivity index (χ3n) is 3.26. The first-order valence-corrected chi connectivity index (χ1v) is 6.84. The Morgan fingerprint density at radius 3 is 2.86 bits per heavy atom. The number of methoxy groups -OCH3 is 1. The normalized spacial score (nSPS) is 12.4. The number of hydrogen-bond donors (Lipinski definition) is 2. The number of aryl methyl sites for hydroxylation is 2. The summed E-state index contributed by atoms with van der Waals surface area (Å²) in [7, 11) is 1.50. The number of rotatable bonds is 5.